The van der Waals surface area contributed by atoms with Crippen LogP contribution < -0.4 is 0 Å². The van der Waals surface area contributed by atoms with Gasteiger partial charge in [0.25, 0.3) is 0 Å². The Kier molecular flexibility index (Phi) is 28.0. The normalized spacial score (nSPS) is 38.9. The molecule has 33 heteroatoms. The third-order valence-corrected chi connectivity index (χ3v) is 19.3. The van der Waals surface area contributed by atoms with E-state index in [0.717, 1.165) is 0 Å². The maximum atomic E-state index is 6.37. The number of ether oxygens (including phenoxy) is 33. The maximum absolute atomic E-state index is 6.37. The topological polar surface area (TPSA) is 305 Å². The van der Waals surface area contributed by atoms with E-state index in [1.807, 2.05) is 111 Å². The van der Waals surface area contributed by atoms with Gasteiger partial charge in [-0.1, -0.05) is 6.08 Å². The standard InChI is InChI=1S/C72H120O33/c1-18-19-79-42(32-73-20-26-80-43(34-75-22-28-82-61-57-53(98-69(10,11)102-57)49-45(90-61)38-86-65(2,3)94-49)35-76-23-29-83-62-58-54(99-70(12,13)103-58)50-46(91-62)39-87-66(4,5)95-50)33-74-21-27-81-44(36-77-24-30-84-63-59-55(100-71(14,15)104-59)51-47(92-63)40-88-67(6,7)96-51)37-78-25-31-85-64-60-56(101-72(16,17)105-60)52-48(93-64)41-89-68(8,9)97-52/h18,42-64H,1,19-41H2,2-17H3/t45-,46-,47-,48-,49-,50-,51-,52-,53+,54+,55+,56+,57+,58+,59+,60+,61+,62+,63+,64+/m1/s1. The van der Waals surface area contributed by atoms with Crippen LogP contribution in [0.25, 0.3) is 0 Å². The van der Waals surface area contributed by atoms with Crippen LogP contribution in [-0.2, 0) is 156 Å². The molecule has 0 N–H and O–H groups in total. The summed E-state index contributed by atoms with van der Waals surface area (Å²) in [5.41, 5.74) is 0. The Balaban J connectivity index is 0.597. The van der Waals surface area contributed by atoms with Crippen molar-refractivity contribution in [2.24, 2.45) is 0 Å². The second kappa shape index (κ2) is 35.4. The van der Waals surface area contributed by atoms with Gasteiger partial charge in [-0.2, -0.15) is 0 Å². The van der Waals surface area contributed by atoms with E-state index in [4.69, 9.17) is 156 Å². The molecule has 12 aliphatic heterocycles. The quantitative estimate of drug-likeness (QED) is 0.0618. The average molecular weight is 1510 g/mol. The van der Waals surface area contributed by atoms with Crippen molar-refractivity contribution in [2.45, 2.75) is 298 Å². The van der Waals surface area contributed by atoms with Crippen molar-refractivity contribution < 1.29 is 156 Å². The maximum Gasteiger partial charge on any atom is 0.187 e. The van der Waals surface area contributed by atoms with Crippen LogP contribution in [-0.4, -0.2) is 339 Å². The third kappa shape index (κ3) is 22.5. The van der Waals surface area contributed by atoms with E-state index in [1.54, 1.807) is 6.08 Å². The van der Waals surface area contributed by atoms with Crippen molar-refractivity contribution in [3.63, 3.8) is 0 Å². The summed E-state index contributed by atoms with van der Waals surface area (Å²) in [7, 11) is 0. The first-order valence-corrected chi connectivity index (χ1v) is 37.5. The lowest BCUT2D eigenvalue weighted by Gasteiger charge is -2.48. The highest BCUT2D eigenvalue weighted by Gasteiger charge is 2.63. The Hall–Kier alpha value is -1.58. The molecule has 0 amide bonds. The van der Waals surface area contributed by atoms with Crippen molar-refractivity contribution >= 4 is 0 Å². The second-order valence-corrected chi connectivity index (χ2v) is 31.8. The molecular weight excluding hydrogens is 1390 g/mol. The van der Waals surface area contributed by atoms with Crippen LogP contribution in [0.3, 0.4) is 0 Å². The van der Waals surface area contributed by atoms with Crippen LogP contribution in [0.5, 0.6) is 0 Å². The fourth-order valence-corrected chi connectivity index (χ4v) is 14.9. The lowest BCUT2D eigenvalue weighted by atomic mass is 9.97. The van der Waals surface area contributed by atoms with Gasteiger partial charge in [-0.25, -0.2) is 0 Å². The molecule has 12 saturated heterocycles. The predicted molar refractivity (Wildman–Crippen MR) is 358 cm³/mol. The third-order valence-electron chi connectivity index (χ3n) is 19.3. The molecule has 12 heterocycles. The van der Waals surface area contributed by atoms with Crippen LogP contribution in [0, 0.1) is 0 Å². The summed E-state index contributed by atoms with van der Waals surface area (Å²) in [4.78, 5) is 0. The van der Waals surface area contributed by atoms with Gasteiger partial charge in [0.1, 0.15) is 116 Å². The smallest absolute Gasteiger partial charge is 0.187 e. The molecular formula is C72H120O33. The highest BCUT2D eigenvalue weighted by atomic mass is 16.9. The zero-order valence-electron chi connectivity index (χ0n) is 64.3. The highest BCUT2D eigenvalue weighted by Crippen LogP contribution is 2.47. The van der Waals surface area contributed by atoms with Crippen molar-refractivity contribution in [1.82, 2.24) is 0 Å². The van der Waals surface area contributed by atoms with Crippen molar-refractivity contribution in [3.05, 3.63) is 12.7 Å². The molecule has 0 unspecified atom stereocenters. The van der Waals surface area contributed by atoms with Gasteiger partial charge in [0.2, 0.25) is 0 Å². The van der Waals surface area contributed by atoms with E-state index in [0.29, 0.717) is 26.4 Å². The Bertz CT molecular complexity index is 2360. The van der Waals surface area contributed by atoms with E-state index in [2.05, 4.69) is 6.58 Å². The van der Waals surface area contributed by atoms with Gasteiger partial charge >= 0.3 is 0 Å². The zero-order chi connectivity index (χ0) is 74.6. The minimum atomic E-state index is -0.870. The van der Waals surface area contributed by atoms with E-state index in [1.165, 1.54) is 0 Å². The summed E-state index contributed by atoms with van der Waals surface area (Å²) in [6.45, 7) is 38.6. The Morgan fingerprint density at radius 2 is 0.476 bits per heavy atom. The summed E-state index contributed by atoms with van der Waals surface area (Å²) in [5, 5.41) is 0. The molecule has 0 aromatic rings. The first-order valence-electron chi connectivity index (χ1n) is 37.5. The van der Waals surface area contributed by atoms with E-state index >= 15 is 0 Å². The molecule has 0 bridgehead atoms. The zero-order valence-corrected chi connectivity index (χ0v) is 64.3. The molecule has 0 aromatic carbocycles. The van der Waals surface area contributed by atoms with Crippen LogP contribution in [0.4, 0.5) is 0 Å². The molecule has 12 aliphatic rings. The van der Waals surface area contributed by atoms with Crippen LogP contribution in [0.15, 0.2) is 12.7 Å². The molecule has 0 aromatic heterocycles. The van der Waals surface area contributed by atoms with E-state index < -0.39 is 187 Å². The van der Waals surface area contributed by atoms with Gasteiger partial charge in [-0.15, -0.1) is 6.58 Å². The molecule has 0 spiro atoms. The lowest BCUT2D eigenvalue weighted by molar-refractivity contribution is -0.371. The summed E-state index contributed by atoms with van der Waals surface area (Å²) in [5.74, 6) is -6.69. The number of hydrogen-bond donors (Lipinski definition) is 0. The summed E-state index contributed by atoms with van der Waals surface area (Å²) in [6.07, 6.45) is -9.95. The average Bonchev–Trinajstić information content (AvgIpc) is 1.70. The minimum absolute atomic E-state index is 0.162. The molecule has 20 atom stereocenters. The monoisotopic (exact) mass is 1510 g/mol. The van der Waals surface area contributed by atoms with Crippen LogP contribution in [0.1, 0.15) is 111 Å². The van der Waals surface area contributed by atoms with Crippen molar-refractivity contribution in [3.8, 4) is 0 Å². The van der Waals surface area contributed by atoms with Gasteiger partial charge in [-0.3, -0.25) is 0 Å². The summed E-state index contributed by atoms with van der Waals surface area (Å²) < 4.78 is 206. The fourth-order valence-electron chi connectivity index (χ4n) is 14.9. The van der Waals surface area contributed by atoms with E-state index in [9.17, 15) is 0 Å². The van der Waals surface area contributed by atoms with Gasteiger partial charge in [0, 0.05) is 0 Å². The molecule has 0 aliphatic carbocycles. The largest absolute Gasteiger partial charge is 0.376 e. The number of hydrogen-bond acceptors (Lipinski definition) is 33. The van der Waals surface area contributed by atoms with Crippen LogP contribution in [0.2, 0.25) is 0 Å². The number of rotatable bonds is 39. The molecule has 606 valence electrons. The second-order valence-electron chi connectivity index (χ2n) is 31.8. The Morgan fingerprint density at radius 3 is 0.714 bits per heavy atom. The Morgan fingerprint density at radius 1 is 0.267 bits per heavy atom. The molecule has 12 rings (SSSR count). The molecule has 12 fully saturated rings. The van der Waals surface area contributed by atoms with Gasteiger partial charge in [-0.05, 0) is 111 Å². The highest BCUT2D eigenvalue weighted by molar-refractivity contribution is 5.03. The van der Waals surface area contributed by atoms with Gasteiger partial charge in [0.15, 0.2) is 71.5 Å². The van der Waals surface area contributed by atoms with Crippen molar-refractivity contribution in [1.29, 1.82) is 0 Å². The van der Waals surface area contributed by atoms with Crippen molar-refractivity contribution in [2.75, 3.05) is 152 Å². The Labute approximate surface area is 617 Å². The molecule has 33 nitrogen and oxygen atoms in total. The first-order chi connectivity index (χ1) is 49.8. The van der Waals surface area contributed by atoms with Gasteiger partial charge < -0.3 is 156 Å². The van der Waals surface area contributed by atoms with Crippen LogP contribution >= 0.6 is 0 Å². The summed E-state index contributed by atoms with van der Waals surface area (Å²) in [6, 6.07) is 0. The lowest BCUT2D eigenvalue weighted by Crippen LogP contribution is -2.64. The fraction of sp³-hybridized carbons (Fsp3) is 0.972. The minimum Gasteiger partial charge on any atom is -0.376 e. The molecule has 0 saturated carbocycles. The predicted octanol–water partition coefficient (Wildman–Crippen LogP) is 4.08. The molecule has 0 radical (unpaired) electrons. The summed E-state index contributed by atoms with van der Waals surface area (Å²) >= 11 is 0. The SMILES string of the molecule is C=CCOC(COCCOC(COCCO[C@H]1O[C@@H]2COC(C)(C)O[C@H]2[C@@H]2OC(C)(C)O[C@H]12)COCCO[C@H]1O[C@@H]2COC(C)(C)O[C@H]2[C@@H]2OC(C)(C)O[C@H]12)COCCOC(COCCO[C@H]1O[C@@H]2COC(C)(C)O[C@H]2[C@@H]2OC(C)(C)O[C@H]12)COCCO[C@H]1O[C@@H]2COC(C)(C)O[C@H]2[C@@H]2OC(C)(C)O[C@H]12. The van der Waals surface area contributed by atoms with Gasteiger partial charge in [0.05, 0.1) is 152 Å². The number of fused-ring (bicyclic) bond motifs is 12. The molecule has 105 heavy (non-hydrogen) atoms. The first kappa shape index (κ1) is 82.9. The van der Waals surface area contributed by atoms with E-state index in [-0.39, 0.29) is 126 Å².